The van der Waals surface area contributed by atoms with E-state index >= 15 is 0 Å². The van der Waals surface area contributed by atoms with E-state index < -0.39 is 0 Å². The average Bonchev–Trinajstić information content (AvgIpc) is 2.82. The molecule has 0 spiro atoms. The molecule has 0 aliphatic carbocycles. The van der Waals surface area contributed by atoms with Crippen LogP contribution in [-0.4, -0.2) is 60.2 Å². The molecule has 7 heteroatoms. The zero-order chi connectivity index (χ0) is 21.5. The van der Waals surface area contributed by atoms with Gasteiger partial charge >= 0.3 is 0 Å². The molecule has 1 aliphatic rings. The van der Waals surface area contributed by atoms with Crippen molar-refractivity contribution in [3.8, 4) is 11.3 Å². The largest absolute Gasteiger partial charge is 0.379 e. The van der Waals surface area contributed by atoms with Crippen molar-refractivity contribution in [1.29, 1.82) is 0 Å². The Bertz CT molecular complexity index is 1000. The van der Waals surface area contributed by atoms with Crippen LogP contribution >= 0.6 is 0 Å². The van der Waals surface area contributed by atoms with Gasteiger partial charge in [-0.1, -0.05) is 12.1 Å². The monoisotopic (exact) mass is 417 g/mol. The van der Waals surface area contributed by atoms with Gasteiger partial charge in [0, 0.05) is 49.8 Å². The second-order valence-corrected chi connectivity index (χ2v) is 7.51. The van der Waals surface area contributed by atoms with E-state index in [1.165, 1.54) is 0 Å². The molecule has 160 valence electrons. The molecule has 31 heavy (non-hydrogen) atoms. The summed E-state index contributed by atoms with van der Waals surface area (Å²) in [4.78, 5) is 23.8. The van der Waals surface area contributed by atoms with Crippen LogP contribution in [0, 0.1) is 6.92 Å². The summed E-state index contributed by atoms with van der Waals surface area (Å²) >= 11 is 0. The third-order valence-corrected chi connectivity index (χ3v) is 5.30. The fourth-order valence-corrected chi connectivity index (χ4v) is 3.50. The molecule has 2 N–H and O–H groups in total. The number of aromatic nitrogens is 2. The summed E-state index contributed by atoms with van der Waals surface area (Å²) in [5.41, 5.74) is 4.22. The number of aryl methyl sites for hydroxylation is 1. The summed E-state index contributed by atoms with van der Waals surface area (Å²) in [7, 11) is 0. The summed E-state index contributed by atoms with van der Waals surface area (Å²) < 4.78 is 5.36. The molecule has 1 amide bonds. The molecule has 4 rings (SSSR count). The number of ether oxygens (including phenoxy) is 1. The molecular weight excluding hydrogens is 390 g/mol. The zero-order valence-electron chi connectivity index (χ0n) is 17.7. The maximum atomic E-state index is 12.7. The molecule has 2 aromatic heterocycles. The van der Waals surface area contributed by atoms with Crippen LogP contribution in [0.2, 0.25) is 0 Å². The number of anilines is 2. The SMILES string of the molecule is Cc1ccc(NC(=O)c2ccc(NCCN3CCOCC3)nc2)cc1-c1ccccn1. The van der Waals surface area contributed by atoms with Crippen molar-refractivity contribution >= 4 is 17.4 Å². The maximum Gasteiger partial charge on any atom is 0.257 e. The number of benzene rings is 1. The highest BCUT2D eigenvalue weighted by molar-refractivity contribution is 6.04. The van der Waals surface area contributed by atoms with Crippen LogP contribution < -0.4 is 10.6 Å². The standard InChI is InChI=1S/C24H27N5O2/c1-18-5-7-20(16-21(18)22-4-2-3-9-25-22)28-24(30)19-6-8-23(27-17-19)26-10-11-29-12-14-31-15-13-29/h2-9,16-17H,10-15H2,1H3,(H,26,27)(H,28,30). The topological polar surface area (TPSA) is 79.4 Å². The van der Waals surface area contributed by atoms with Crippen molar-refractivity contribution < 1.29 is 9.53 Å². The first-order valence-electron chi connectivity index (χ1n) is 10.5. The Morgan fingerprint density at radius 2 is 1.97 bits per heavy atom. The summed E-state index contributed by atoms with van der Waals surface area (Å²) in [6.07, 6.45) is 3.36. The normalized spacial score (nSPS) is 14.2. The third-order valence-electron chi connectivity index (χ3n) is 5.30. The molecule has 0 bridgehead atoms. The van der Waals surface area contributed by atoms with E-state index in [1.807, 2.05) is 49.4 Å². The molecule has 0 saturated carbocycles. The maximum absolute atomic E-state index is 12.7. The number of rotatable bonds is 7. The lowest BCUT2D eigenvalue weighted by Crippen LogP contribution is -2.39. The average molecular weight is 418 g/mol. The number of morpholine rings is 1. The molecule has 7 nitrogen and oxygen atoms in total. The molecule has 1 aromatic carbocycles. The van der Waals surface area contributed by atoms with Gasteiger partial charge in [-0.05, 0) is 48.9 Å². The van der Waals surface area contributed by atoms with Crippen LogP contribution in [0.25, 0.3) is 11.3 Å². The molecule has 1 fully saturated rings. The van der Waals surface area contributed by atoms with Crippen molar-refractivity contribution in [1.82, 2.24) is 14.9 Å². The lowest BCUT2D eigenvalue weighted by Gasteiger charge is -2.26. The minimum atomic E-state index is -0.191. The van der Waals surface area contributed by atoms with Gasteiger partial charge in [-0.25, -0.2) is 4.98 Å². The molecule has 1 saturated heterocycles. The third kappa shape index (κ3) is 5.65. The van der Waals surface area contributed by atoms with Gasteiger partial charge in [-0.3, -0.25) is 14.7 Å². The van der Waals surface area contributed by atoms with E-state index in [0.717, 1.165) is 67.7 Å². The Hall–Kier alpha value is -3.29. The number of amides is 1. The molecule has 3 aromatic rings. The van der Waals surface area contributed by atoms with Crippen molar-refractivity contribution in [3.05, 3.63) is 72.1 Å². The van der Waals surface area contributed by atoms with Crippen LogP contribution in [0.15, 0.2) is 60.9 Å². The highest BCUT2D eigenvalue weighted by Gasteiger charge is 2.11. The van der Waals surface area contributed by atoms with Gasteiger partial charge in [0.25, 0.3) is 5.91 Å². The molecule has 1 aliphatic heterocycles. The summed E-state index contributed by atoms with van der Waals surface area (Å²) in [6.45, 7) is 7.31. The minimum absolute atomic E-state index is 0.191. The fourth-order valence-electron chi connectivity index (χ4n) is 3.50. The summed E-state index contributed by atoms with van der Waals surface area (Å²) in [6, 6.07) is 15.3. The Morgan fingerprint density at radius 1 is 1.10 bits per heavy atom. The Labute approximate surface area is 182 Å². The van der Waals surface area contributed by atoms with E-state index in [4.69, 9.17) is 4.74 Å². The van der Waals surface area contributed by atoms with Gasteiger partial charge < -0.3 is 15.4 Å². The number of nitrogens with one attached hydrogen (secondary N) is 2. The number of hydrogen-bond donors (Lipinski definition) is 2. The quantitative estimate of drug-likeness (QED) is 0.613. The van der Waals surface area contributed by atoms with Crippen LogP contribution in [0.3, 0.4) is 0 Å². The predicted octanol–water partition coefficient (Wildman–Crippen LogP) is 3.45. The first-order chi connectivity index (χ1) is 15.2. The van der Waals surface area contributed by atoms with E-state index in [-0.39, 0.29) is 5.91 Å². The lowest BCUT2D eigenvalue weighted by atomic mass is 10.0. The highest BCUT2D eigenvalue weighted by Crippen LogP contribution is 2.25. The molecule has 0 radical (unpaired) electrons. The number of carbonyl (C=O) groups excluding carboxylic acids is 1. The predicted molar refractivity (Wildman–Crippen MR) is 122 cm³/mol. The van der Waals surface area contributed by atoms with E-state index in [0.29, 0.717) is 5.56 Å². The number of pyridine rings is 2. The van der Waals surface area contributed by atoms with Gasteiger partial charge in [0.15, 0.2) is 0 Å². The first kappa shape index (κ1) is 21.0. The van der Waals surface area contributed by atoms with Crippen LogP contribution in [-0.2, 0) is 4.74 Å². The van der Waals surface area contributed by atoms with Crippen molar-refractivity contribution in [2.24, 2.45) is 0 Å². The van der Waals surface area contributed by atoms with Crippen molar-refractivity contribution in [2.75, 3.05) is 50.0 Å². The van der Waals surface area contributed by atoms with Crippen LogP contribution in [0.4, 0.5) is 11.5 Å². The van der Waals surface area contributed by atoms with Crippen LogP contribution in [0.5, 0.6) is 0 Å². The Morgan fingerprint density at radius 3 is 2.71 bits per heavy atom. The van der Waals surface area contributed by atoms with E-state index in [1.54, 1.807) is 18.5 Å². The van der Waals surface area contributed by atoms with Gasteiger partial charge in [0.05, 0.1) is 24.5 Å². The smallest absolute Gasteiger partial charge is 0.257 e. The van der Waals surface area contributed by atoms with E-state index in [2.05, 4.69) is 25.5 Å². The Kier molecular flexibility index (Phi) is 6.86. The lowest BCUT2D eigenvalue weighted by molar-refractivity contribution is 0.0398. The molecule has 3 heterocycles. The highest BCUT2D eigenvalue weighted by atomic mass is 16.5. The van der Waals surface area contributed by atoms with Gasteiger partial charge in [0.2, 0.25) is 0 Å². The summed E-state index contributed by atoms with van der Waals surface area (Å²) in [5.74, 6) is 0.570. The number of hydrogen-bond acceptors (Lipinski definition) is 6. The minimum Gasteiger partial charge on any atom is -0.379 e. The van der Waals surface area contributed by atoms with Gasteiger partial charge in [-0.2, -0.15) is 0 Å². The number of carbonyl (C=O) groups is 1. The van der Waals surface area contributed by atoms with Crippen molar-refractivity contribution in [2.45, 2.75) is 6.92 Å². The number of nitrogens with zero attached hydrogens (tertiary/aromatic N) is 3. The first-order valence-corrected chi connectivity index (χ1v) is 10.5. The molecule has 0 unspecified atom stereocenters. The van der Waals surface area contributed by atoms with E-state index in [9.17, 15) is 4.79 Å². The van der Waals surface area contributed by atoms with Gasteiger partial charge in [0.1, 0.15) is 5.82 Å². The summed E-state index contributed by atoms with van der Waals surface area (Å²) in [5, 5.41) is 6.26. The molecular formula is C24H27N5O2. The van der Waals surface area contributed by atoms with Gasteiger partial charge in [-0.15, -0.1) is 0 Å². The fraction of sp³-hybridized carbons (Fsp3) is 0.292. The zero-order valence-corrected chi connectivity index (χ0v) is 17.7. The van der Waals surface area contributed by atoms with Crippen molar-refractivity contribution in [3.63, 3.8) is 0 Å². The molecule has 0 atom stereocenters. The second kappa shape index (κ2) is 10.1. The Balaban J connectivity index is 1.34. The van der Waals surface area contributed by atoms with Crippen LogP contribution in [0.1, 0.15) is 15.9 Å². The second-order valence-electron chi connectivity index (χ2n) is 7.51.